The van der Waals surface area contributed by atoms with Crippen LogP contribution in [0.3, 0.4) is 0 Å². The first kappa shape index (κ1) is 20.4. The molecule has 0 bridgehead atoms. The summed E-state index contributed by atoms with van der Waals surface area (Å²) < 4.78 is 5.69. The van der Waals surface area contributed by atoms with Crippen LogP contribution in [0.5, 0.6) is 0 Å². The summed E-state index contributed by atoms with van der Waals surface area (Å²) in [5.41, 5.74) is 2.63. The summed E-state index contributed by atoms with van der Waals surface area (Å²) in [5.74, 6) is 0.141. The van der Waals surface area contributed by atoms with Gasteiger partial charge < -0.3 is 14.6 Å². The van der Waals surface area contributed by atoms with E-state index in [1.807, 2.05) is 24.3 Å². The minimum atomic E-state index is -0.136. The average molecular weight is 426 g/mol. The molecule has 0 saturated carbocycles. The van der Waals surface area contributed by atoms with Crippen LogP contribution in [0.4, 0.5) is 5.69 Å². The van der Waals surface area contributed by atoms with E-state index in [-0.39, 0.29) is 11.8 Å². The molecule has 3 aromatic rings. The minimum absolute atomic E-state index is 0.0372. The molecule has 2 amide bonds. The molecule has 1 aliphatic rings. The van der Waals surface area contributed by atoms with Crippen LogP contribution in [0.25, 0.3) is 11.0 Å². The number of anilines is 1. The Labute approximate surface area is 180 Å². The van der Waals surface area contributed by atoms with Crippen LogP contribution in [-0.2, 0) is 11.2 Å². The molecular weight excluding hydrogens is 402 g/mol. The summed E-state index contributed by atoms with van der Waals surface area (Å²) in [5, 5.41) is 4.42. The fraction of sp³-hybridized carbons (Fsp3) is 0.304. The number of fused-ring (bicyclic) bond motifs is 1. The van der Waals surface area contributed by atoms with Gasteiger partial charge >= 0.3 is 0 Å². The van der Waals surface area contributed by atoms with Gasteiger partial charge in [0.15, 0.2) is 5.76 Å². The van der Waals surface area contributed by atoms with Gasteiger partial charge in [0.2, 0.25) is 5.91 Å². The second kappa shape index (κ2) is 8.90. The largest absolute Gasteiger partial charge is 0.451 e. The maximum absolute atomic E-state index is 12.8. The lowest BCUT2D eigenvalue weighted by atomic mass is 10.1. The summed E-state index contributed by atoms with van der Waals surface area (Å²) in [6.07, 6.45) is 0.866. The van der Waals surface area contributed by atoms with Gasteiger partial charge in [-0.25, -0.2) is 0 Å². The zero-order chi connectivity index (χ0) is 21.1. The van der Waals surface area contributed by atoms with Crippen LogP contribution in [0.2, 0.25) is 5.02 Å². The number of benzene rings is 2. The van der Waals surface area contributed by atoms with Gasteiger partial charge in [0.25, 0.3) is 5.91 Å². The molecule has 1 aromatic heterocycles. The number of furan rings is 1. The van der Waals surface area contributed by atoms with Crippen LogP contribution >= 0.6 is 11.6 Å². The molecule has 0 spiro atoms. The Hall–Kier alpha value is -2.83. The molecule has 0 radical (unpaired) electrons. The van der Waals surface area contributed by atoms with Gasteiger partial charge in [0.05, 0.1) is 6.54 Å². The first-order valence-corrected chi connectivity index (χ1v) is 10.5. The molecule has 1 fully saturated rings. The normalized spacial score (nSPS) is 14.8. The van der Waals surface area contributed by atoms with Gasteiger partial charge in [-0.2, -0.15) is 0 Å². The summed E-state index contributed by atoms with van der Waals surface area (Å²) in [6, 6.07) is 14.9. The molecule has 1 saturated heterocycles. The van der Waals surface area contributed by atoms with E-state index < -0.39 is 0 Å². The highest BCUT2D eigenvalue weighted by Gasteiger charge is 2.25. The number of nitrogens with zero attached hydrogens (tertiary/aromatic N) is 2. The van der Waals surface area contributed by atoms with Crippen molar-refractivity contribution in [3.05, 3.63) is 64.9 Å². The maximum atomic E-state index is 12.8. The van der Waals surface area contributed by atoms with Gasteiger partial charge in [0.1, 0.15) is 5.58 Å². The third kappa shape index (κ3) is 4.50. The van der Waals surface area contributed by atoms with Crippen molar-refractivity contribution in [3.8, 4) is 0 Å². The SMILES string of the molecule is CCc1ccccc1NC(=O)CN1CCN(C(=O)c2cc3cc(Cl)ccc3o2)CC1. The van der Waals surface area contributed by atoms with E-state index in [0.717, 1.165) is 23.1 Å². The van der Waals surface area contributed by atoms with Crippen LogP contribution in [-0.4, -0.2) is 54.3 Å². The Kier molecular flexibility index (Phi) is 6.06. The Morgan fingerprint density at radius 3 is 2.60 bits per heavy atom. The smallest absolute Gasteiger partial charge is 0.289 e. The Morgan fingerprint density at radius 2 is 1.83 bits per heavy atom. The molecule has 30 heavy (non-hydrogen) atoms. The number of piperazine rings is 1. The molecule has 0 unspecified atom stereocenters. The van der Waals surface area contributed by atoms with E-state index in [9.17, 15) is 9.59 Å². The summed E-state index contributed by atoms with van der Waals surface area (Å²) in [7, 11) is 0. The van der Waals surface area contributed by atoms with E-state index in [0.29, 0.717) is 49.1 Å². The highest BCUT2D eigenvalue weighted by Crippen LogP contribution is 2.24. The second-order valence-electron chi connectivity index (χ2n) is 7.42. The summed E-state index contributed by atoms with van der Waals surface area (Å²) in [6.45, 7) is 4.76. The van der Waals surface area contributed by atoms with E-state index in [1.165, 1.54) is 0 Å². The lowest BCUT2D eigenvalue weighted by Crippen LogP contribution is -2.50. The molecular formula is C23H24ClN3O3. The number of aryl methyl sites for hydroxylation is 1. The zero-order valence-electron chi connectivity index (χ0n) is 16.9. The number of carbonyl (C=O) groups excluding carboxylic acids is 2. The quantitative estimate of drug-likeness (QED) is 0.669. The fourth-order valence-corrected chi connectivity index (χ4v) is 3.91. The number of hydrogen-bond acceptors (Lipinski definition) is 4. The molecule has 6 nitrogen and oxygen atoms in total. The standard InChI is InChI=1S/C23H24ClN3O3/c1-2-16-5-3-4-6-19(16)25-22(28)15-26-9-11-27(12-10-26)23(29)21-14-17-13-18(24)7-8-20(17)30-21/h3-8,13-14H,2,9-12,15H2,1H3,(H,25,28). The number of carbonyl (C=O) groups is 2. The van der Waals surface area contributed by atoms with Crippen molar-refractivity contribution < 1.29 is 14.0 Å². The number of halogens is 1. The van der Waals surface area contributed by atoms with E-state index in [2.05, 4.69) is 17.1 Å². The number of rotatable bonds is 5. The number of hydrogen-bond donors (Lipinski definition) is 1. The second-order valence-corrected chi connectivity index (χ2v) is 7.86. The van der Waals surface area contributed by atoms with Crippen LogP contribution in [0.15, 0.2) is 52.9 Å². The van der Waals surface area contributed by atoms with Gasteiger partial charge in [-0.3, -0.25) is 14.5 Å². The third-order valence-corrected chi connectivity index (χ3v) is 5.62. The van der Waals surface area contributed by atoms with Gasteiger partial charge in [-0.05, 0) is 42.3 Å². The van der Waals surface area contributed by atoms with Gasteiger partial charge in [0, 0.05) is 42.3 Å². The Bertz CT molecular complexity index is 1070. The predicted molar refractivity (Wildman–Crippen MR) is 118 cm³/mol. The minimum Gasteiger partial charge on any atom is -0.451 e. The molecule has 2 heterocycles. The summed E-state index contributed by atoms with van der Waals surface area (Å²) >= 11 is 6.01. The zero-order valence-corrected chi connectivity index (χ0v) is 17.6. The van der Waals surface area contributed by atoms with Crippen molar-refractivity contribution in [1.29, 1.82) is 0 Å². The van der Waals surface area contributed by atoms with Crippen molar-refractivity contribution >= 4 is 40.1 Å². The third-order valence-electron chi connectivity index (χ3n) is 5.39. The van der Waals surface area contributed by atoms with Crippen LogP contribution in [0.1, 0.15) is 23.0 Å². The molecule has 1 N–H and O–H groups in total. The molecule has 1 aliphatic heterocycles. The van der Waals surface area contributed by atoms with Gasteiger partial charge in [-0.1, -0.05) is 36.7 Å². The topological polar surface area (TPSA) is 65.8 Å². The van der Waals surface area contributed by atoms with E-state index in [1.54, 1.807) is 29.2 Å². The monoisotopic (exact) mass is 425 g/mol. The molecule has 0 aliphatic carbocycles. The van der Waals surface area contributed by atoms with Crippen molar-refractivity contribution in [2.75, 3.05) is 38.0 Å². The van der Waals surface area contributed by atoms with Gasteiger partial charge in [-0.15, -0.1) is 0 Å². The first-order valence-electron chi connectivity index (χ1n) is 10.1. The summed E-state index contributed by atoms with van der Waals surface area (Å²) in [4.78, 5) is 29.1. The van der Waals surface area contributed by atoms with Crippen molar-refractivity contribution in [2.24, 2.45) is 0 Å². The van der Waals surface area contributed by atoms with Crippen molar-refractivity contribution in [2.45, 2.75) is 13.3 Å². The Morgan fingerprint density at radius 1 is 1.07 bits per heavy atom. The van der Waals surface area contributed by atoms with E-state index in [4.69, 9.17) is 16.0 Å². The molecule has 4 rings (SSSR count). The molecule has 2 aromatic carbocycles. The number of para-hydroxylation sites is 1. The predicted octanol–water partition coefficient (Wildman–Crippen LogP) is 4.05. The van der Waals surface area contributed by atoms with E-state index >= 15 is 0 Å². The highest BCUT2D eigenvalue weighted by molar-refractivity contribution is 6.31. The Balaban J connectivity index is 1.31. The fourth-order valence-electron chi connectivity index (χ4n) is 3.73. The maximum Gasteiger partial charge on any atom is 0.289 e. The highest BCUT2D eigenvalue weighted by atomic mass is 35.5. The molecule has 0 atom stereocenters. The lowest BCUT2D eigenvalue weighted by molar-refractivity contribution is -0.117. The van der Waals surface area contributed by atoms with Crippen molar-refractivity contribution in [1.82, 2.24) is 9.80 Å². The molecule has 7 heteroatoms. The number of nitrogens with one attached hydrogen (secondary N) is 1. The number of amides is 2. The first-order chi connectivity index (χ1) is 14.5. The van der Waals surface area contributed by atoms with Crippen molar-refractivity contribution in [3.63, 3.8) is 0 Å². The van der Waals surface area contributed by atoms with Crippen LogP contribution in [0, 0.1) is 0 Å². The van der Waals surface area contributed by atoms with Crippen LogP contribution < -0.4 is 5.32 Å². The average Bonchev–Trinajstić information content (AvgIpc) is 3.17. The lowest BCUT2D eigenvalue weighted by Gasteiger charge is -2.33. The molecule has 156 valence electrons.